The molecule has 2 bridgehead atoms. The third-order valence-electron chi connectivity index (χ3n) is 6.61. The average Bonchev–Trinajstić information content (AvgIpc) is 2.57. The molecule has 1 saturated carbocycles. The van der Waals surface area contributed by atoms with Crippen molar-refractivity contribution in [1.29, 1.82) is 0 Å². The van der Waals surface area contributed by atoms with Crippen molar-refractivity contribution in [1.82, 2.24) is 4.90 Å². The Kier molecular flexibility index (Phi) is 3.42. The molecule has 4 rings (SSSR count). The van der Waals surface area contributed by atoms with E-state index in [9.17, 15) is 0 Å². The lowest BCUT2D eigenvalue weighted by Crippen LogP contribution is -2.59. The van der Waals surface area contributed by atoms with Crippen LogP contribution in [-0.4, -0.2) is 17.5 Å². The topological polar surface area (TPSA) is 3.24 Å². The van der Waals surface area contributed by atoms with Crippen molar-refractivity contribution < 1.29 is 0 Å². The molecule has 3 atom stereocenters. The zero-order valence-corrected chi connectivity index (χ0v) is 13.8. The Bertz CT molecular complexity index is 625. The van der Waals surface area contributed by atoms with E-state index in [0.29, 0.717) is 11.5 Å². The van der Waals surface area contributed by atoms with Crippen LogP contribution >= 0.6 is 0 Å². The van der Waals surface area contributed by atoms with Crippen LogP contribution < -0.4 is 0 Å². The molecule has 1 heterocycles. The number of likely N-dealkylation sites (tertiary alicyclic amines) is 1. The van der Waals surface area contributed by atoms with Crippen molar-refractivity contribution in [2.45, 2.75) is 63.3 Å². The van der Waals surface area contributed by atoms with Crippen molar-refractivity contribution >= 4 is 0 Å². The molecule has 3 aliphatic rings. The Morgan fingerprint density at radius 2 is 2.27 bits per heavy atom. The molecule has 116 valence electrons. The quantitative estimate of drug-likeness (QED) is 0.720. The lowest BCUT2D eigenvalue weighted by atomic mass is 9.52. The summed E-state index contributed by atoms with van der Waals surface area (Å²) in [4.78, 5) is 2.54. The summed E-state index contributed by atoms with van der Waals surface area (Å²) < 4.78 is 0. The van der Waals surface area contributed by atoms with Gasteiger partial charge in [-0.15, -0.1) is 5.73 Å². The second kappa shape index (κ2) is 5.32. The predicted molar refractivity (Wildman–Crippen MR) is 92.0 cm³/mol. The summed E-state index contributed by atoms with van der Waals surface area (Å²) in [6.07, 6.45) is 11.4. The summed E-state index contributed by atoms with van der Waals surface area (Å²) >= 11 is 0. The van der Waals surface area contributed by atoms with Crippen LogP contribution in [0.3, 0.4) is 0 Å². The van der Waals surface area contributed by atoms with E-state index in [-0.39, 0.29) is 0 Å². The third-order valence-corrected chi connectivity index (χ3v) is 6.61. The van der Waals surface area contributed by atoms with Crippen LogP contribution in [0.5, 0.6) is 0 Å². The number of aryl methyl sites for hydroxylation is 1. The first-order valence-corrected chi connectivity index (χ1v) is 9.02. The van der Waals surface area contributed by atoms with Crippen LogP contribution in [0.25, 0.3) is 0 Å². The van der Waals surface area contributed by atoms with Crippen LogP contribution in [0, 0.1) is 5.92 Å². The minimum atomic E-state index is 0.465. The summed E-state index contributed by atoms with van der Waals surface area (Å²) in [5.41, 5.74) is 8.34. The van der Waals surface area contributed by atoms with Crippen LogP contribution in [0.4, 0.5) is 0 Å². The molecule has 2 fully saturated rings. The Labute approximate surface area is 134 Å². The normalized spacial score (nSPS) is 32.7. The molecule has 0 N–H and O–H groups in total. The maximum Gasteiger partial charge on any atom is 0.0420 e. The fraction of sp³-hybridized carbons (Fsp3) is 0.571. The summed E-state index contributed by atoms with van der Waals surface area (Å²) in [6.45, 7) is 7.27. The van der Waals surface area contributed by atoms with E-state index < -0.39 is 0 Å². The second-order valence-electron chi connectivity index (χ2n) is 7.45. The Balaban J connectivity index is 1.85. The van der Waals surface area contributed by atoms with Crippen LogP contribution in [0.2, 0.25) is 0 Å². The van der Waals surface area contributed by atoms with Crippen molar-refractivity contribution in [3.8, 4) is 0 Å². The van der Waals surface area contributed by atoms with Gasteiger partial charge < -0.3 is 4.90 Å². The molecule has 3 unspecified atom stereocenters. The van der Waals surface area contributed by atoms with E-state index in [1.807, 2.05) is 0 Å². The van der Waals surface area contributed by atoms with Gasteiger partial charge in [-0.1, -0.05) is 44.5 Å². The van der Waals surface area contributed by atoms with Crippen LogP contribution in [-0.2, 0) is 18.3 Å². The summed E-state index contributed by atoms with van der Waals surface area (Å²) in [6, 6.07) is 8.00. The summed E-state index contributed by atoms with van der Waals surface area (Å²) in [7, 11) is 0. The highest BCUT2D eigenvalue weighted by Crippen LogP contribution is 2.55. The van der Waals surface area contributed by atoms with Crippen LogP contribution in [0.15, 0.2) is 36.7 Å². The molecular formula is C21H27N. The fourth-order valence-electron chi connectivity index (χ4n) is 5.58. The van der Waals surface area contributed by atoms with E-state index in [0.717, 1.165) is 12.3 Å². The van der Waals surface area contributed by atoms with Gasteiger partial charge in [0.15, 0.2) is 0 Å². The monoisotopic (exact) mass is 293 g/mol. The Morgan fingerprint density at radius 1 is 1.36 bits per heavy atom. The SMILES string of the molecule is C=C=CN1CCC23CCCCC2C1Cc1ccc(CC)cc13. The minimum Gasteiger partial charge on any atom is -0.367 e. The summed E-state index contributed by atoms with van der Waals surface area (Å²) in [5, 5.41) is 0. The number of hydrogen-bond acceptors (Lipinski definition) is 1. The number of hydrogen-bond donors (Lipinski definition) is 0. The van der Waals surface area contributed by atoms with Crippen molar-refractivity contribution in [3.05, 3.63) is 53.4 Å². The number of benzene rings is 1. The van der Waals surface area contributed by atoms with E-state index in [1.165, 1.54) is 50.6 Å². The van der Waals surface area contributed by atoms with E-state index in [4.69, 9.17) is 0 Å². The molecule has 1 nitrogen and oxygen atoms in total. The predicted octanol–water partition coefficient (Wildman–Crippen LogP) is 4.61. The standard InChI is InChI=1S/C21H27N/c1-3-12-22-13-11-21-10-6-5-7-18(21)20(22)15-17-9-8-16(4-2)14-19(17)21/h8-9,12,14,18,20H,1,4-7,10-11,13,15H2,2H3. The number of nitrogens with zero attached hydrogens (tertiary/aromatic N) is 1. The van der Waals surface area contributed by atoms with Gasteiger partial charge in [-0.2, -0.15) is 0 Å². The van der Waals surface area contributed by atoms with Gasteiger partial charge in [0, 0.05) is 24.2 Å². The molecule has 0 amide bonds. The maximum absolute atomic E-state index is 3.81. The first kappa shape index (κ1) is 14.2. The van der Waals surface area contributed by atoms with Gasteiger partial charge in [-0.05, 0) is 54.7 Å². The Hall–Kier alpha value is -1.46. The Morgan fingerprint density at radius 3 is 3.09 bits per heavy atom. The number of piperidine rings is 1. The smallest absolute Gasteiger partial charge is 0.0420 e. The lowest BCUT2D eigenvalue weighted by Gasteiger charge is -2.59. The van der Waals surface area contributed by atoms with Gasteiger partial charge in [0.25, 0.3) is 0 Å². The highest BCUT2D eigenvalue weighted by Gasteiger charge is 2.53. The highest BCUT2D eigenvalue weighted by molar-refractivity contribution is 5.43. The van der Waals surface area contributed by atoms with Gasteiger partial charge in [0.05, 0.1) is 0 Å². The minimum absolute atomic E-state index is 0.465. The van der Waals surface area contributed by atoms with Gasteiger partial charge >= 0.3 is 0 Å². The summed E-state index contributed by atoms with van der Waals surface area (Å²) in [5.74, 6) is 0.833. The van der Waals surface area contributed by atoms with Gasteiger partial charge in [0.1, 0.15) is 0 Å². The molecule has 0 aromatic heterocycles. The first-order chi connectivity index (χ1) is 10.8. The maximum atomic E-state index is 3.81. The van der Waals surface area contributed by atoms with Crippen molar-refractivity contribution in [2.75, 3.05) is 6.54 Å². The van der Waals surface area contributed by atoms with E-state index in [1.54, 1.807) is 11.1 Å². The van der Waals surface area contributed by atoms with Gasteiger partial charge in [-0.3, -0.25) is 0 Å². The lowest BCUT2D eigenvalue weighted by molar-refractivity contribution is 0.0140. The van der Waals surface area contributed by atoms with E-state index >= 15 is 0 Å². The molecule has 1 aromatic carbocycles. The molecule has 1 aromatic rings. The molecular weight excluding hydrogens is 266 g/mol. The molecule has 1 heteroatoms. The third kappa shape index (κ3) is 1.92. The average molecular weight is 293 g/mol. The zero-order chi connectivity index (χ0) is 15.2. The largest absolute Gasteiger partial charge is 0.367 e. The molecule has 1 saturated heterocycles. The zero-order valence-electron chi connectivity index (χ0n) is 13.8. The van der Waals surface area contributed by atoms with Gasteiger partial charge in [-0.25, -0.2) is 0 Å². The van der Waals surface area contributed by atoms with Gasteiger partial charge in [0.2, 0.25) is 0 Å². The highest BCUT2D eigenvalue weighted by atomic mass is 15.2. The molecule has 0 spiro atoms. The second-order valence-corrected chi connectivity index (χ2v) is 7.45. The first-order valence-electron chi connectivity index (χ1n) is 9.02. The van der Waals surface area contributed by atoms with Crippen molar-refractivity contribution in [2.24, 2.45) is 5.92 Å². The van der Waals surface area contributed by atoms with Crippen LogP contribution in [0.1, 0.15) is 55.7 Å². The molecule has 1 aliphatic heterocycles. The molecule has 0 radical (unpaired) electrons. The fourth-order valence-corrected chi connectivity index (χ4v) is 5.58. The number of fused-ring (bicyclic) bond motifs is 1. The molecule has 2 aliphatic carbocycles. The van der Waals surface area contributed by atoms with E-state index in [2.05, 4.69) is 48.5 Å². The van der Waals surface area contributed by atoms with Crippen molar-refractivity contribution in [3.63, 3.8) is 0 Å². The number of rotatable bonds is 2. The molecule has 22 heavy (non-hydrogen) atoms.